The molecule has 84 valence electrons. The van der Waals surface area contributed by atoms with Crippen molar-refractivity contribution in [2.75, 3.05) is 0 Å². The van der Waals surface area contributed by atoms with Gasteiger partial charge in [0.05, 0.1) is 0 Å². The molecule has 0 radical (unpaired) electrons. The average Bonchev–Trinajstić information content (AvgIpc) is 2.60. The summed E-state index contributed by atoms with van der Waals surface area (Å²) in [5, 5.41) is 0. The topological polar surface area (TPSA) is 44.8 Å². The van der Waals surface area contributed by atoms with Crippen molar-refractivity contribution in [1.29, 1.82) is 0 Å². The van der Waals surface area contributed by atoms with Crippen molar-refractivity contribution in [2.45, 2.75) is 44.6 Å². The van der Waals surface area contributed by atoms with Crippen LogP contribution < -0.4 is 0 Å². The number of allylic oxidation sites excluding steroid dienone is 1. The zero-order valence-electron chi connectivity index (χ0n) is 9.01. The van der Waals surface area contributed by atoms with Crippen LogP contribution in [-0.4, -0.2) is 30.6 Å². The molecule has 0 bridgehead atoms. The van der Waals surface area contributed by atoms with Gasteiger partial charge in [-0.2, -0.15) is 0 Å². The van der Waals surface area contributed by atoms with E-state index < -0.39 is 18.2 Å². The Balaban J connectivity index is 2.13. The van der Waals surface area contributed by atoms with Crippen molar-refractivity contribution in [1.82, 2.24) is 0 Å². The molecule has 0 aromatic heterocycles. The summed E-state index contributed by atoms with van der Waals surface area (Å²) >= 11 is 0. The third kappa shape index (κ3) is 1.85. The van der Waals surface area contributed by atoms with Crippen LogP contribution in [0.25, 0.3) is 0 Å². The summed E-state index contributed by atoms with van der Waals surface area (Å²) in [5.41, 5.74) is 0. The van der Waals surface area contributed by atoms with E-state index >= 15 is 0 Å². The molecule has 4 atom stereocenters. The Labute approximate surface area is 89.2 Å². The van der Waals surface area contributed by atoms with Crippen molar-refractivity contribution in [3.63, 3.8) is 0 Å². The Morgan fingerprint density at radius 1 is 1.40 bits per heavy atom. The fourth-order valence-corrected chi connectivity index (χ4v) is 2.19. The van der Waals surface area contributed by atoms with E-state index in [1.807, 2.05) is 13.8 Å². The molecule has 2 aliphatic rings. The van der Waals surface area contributed by atoms with Crippen LogP contribution in [0.1, 0.15) is 20.3 Å². The Morgan fingerprint density at radius 3 is 2.73 bits per heavy atom. The molecule has 4 nitrogen and oxygen atoms in total. The van der Waals surface area contributed by atoms with Gasteiger partial charge < -0.3 is 19.0 Å². The molecule has 2 aliphatic heterocycles. The lowest BCUT2D eigenvalue weighted by Gasteiger charge is -2.22. The average molecular weight is 212 g/mol. The van der Waals surface area contributed by atoms with Crippen LogP contribution >= 0.6 is 0 Å². The van der Waals surface area contributed by atoms with Gasteiger partial charge in [-0.1, -0.05) is 6.08 Å². The number of carbonyl (C=O) groups is 1. The van der Waals surface area contributed by atoms with Gasteiger partial charge in [0.15, 0.2) is 12.1 Å². The first-order chi connectivity index (χ1) is 7.07. The van der Waals surface area contributed by atoms with Crippen molar-refractivity contribution in [3.05, 3.63) is 12.7 Å². The van der Waals surface area contributed by atoms with E-state index in [1.165, 1.54) is 0 Å². The second kappa shape index (κ2) is 3.70. The number of carbonyl (C=O) groups excluding carboxylic acids is 1. The molecule has 0 aromatic carbocycles. The Hall–Kier alpha value is -0.710. The van der Waals surface area contributed by atoms with Crippen LogP contribution in [0.5, 0.6) is 0 Å². The second-order valence-electron chi connectivity index (χ2n) is 4.39. The summed E-state index contributed by atoms with van der Waals surface area (Å²) in [7, 11) is 0. The Morgan fingerprint density at radius 2 is 2.13 bits per heavy atom. The molecule has 0 N–H and O–H groups in total. The van der Waals surface area contributed by atoms with Crippen molar-refractivity contribution >= 4 is 6.29 Å². The highest BCUT2D eigenvalue weighted by Crippen LogP contribution is 2.41. The molecular weight excluding hydrogens is 196 g/mol. The SMILES string of the molecule is C=CC[C@@H]1[C@H]2OC(C)(C)O[C@H]2O[C@@H]1C=O. The molecule has 0 amide bonds. The van der Waals surface area contributed by atoms with E-state index in [0.717, 1.165) is 6.29 Å². The summed E-state index contributed by atoms with van der Waals surface area (Å²) in [5.74, 6) is -0.602. The summed E-state index contributed by atoms with van der Waals surface area (Å²) in [6.07, 6.45) is 2.28. The zero-order valence-corrected chi connectivity index (χ0v) is 9.01. The van der Waals surface area contributed by atoms with Gasteiger partial charge in [0, 0.05) is 5.92 Å². The summed E-state index contributed by atoms with van der Waals surface area (Å²) in [6, 6.07) is 0. The number of rotatable bonds is 3. The van der Waals surface area contributed by atoms with Crippen LogP contribution in [0, 0.1) is 5.92 Å². The molecule has 0 unspecified atom stereocenters. The van der Waals surface area contributed by atoms with Gasteiger partial charge >= 0.3 is 0 Å². The number of aldehydes is 1. The summed E-state index contributed by atoms with van der Waals surface area (Å²) in [4.78, 5) is 10.8. The fourth-order valence-electron chi connectivity index (χ4n) is 2.19. The number of ether oxygens (including phenoxy) is 3. The highest BCUT2D eigenvalue weighted by molar-refractivity contribution is 5.57. The Bertz CT molecular complexity index is 274. The van der Waals surface area contributed by atoms with E-state index in [0.29, 0.717) is 6.42 Å². The normalized spacial score (nSPS) is 42.5. The number of hydrogen-bond donors (Lipinski definition) is 0. The molecule has 4 heteroatoms. The zero-order chi connectivity index (χ0) is 11.1. The van der Waals surface area contributed by atoms with Gasteiger partial charge in [-0.15, -0.1) is 6.58 Å². The van der Waals surface area contributed by atoms with Crippen molar-refractivity contribution < 1.29 is 19.0 Å². The largest absolute Gasteiger partial charge is 0.341 e. The first kappa shape index (κ1) is 10.8. The summed E-state index contributed by atoms with van der Waals surface area (Å²) < 4.78 is 16.7. The maximum absolute atomic E-state index is 10.8. The second-order valence-corrected chi connectivity index (χ2v) is 4.39. The molecular formula is C11H16O4. The van der Waals surface area contributed by atoms with E-state index in [2.05, 4.69) is 6.58 Å². The van der Waals surface area contributed by atoms with Gasteiger partial charge in [0.1, 0.15) is 18.5 Å². The van der Waals surface area contributed by atoms with Gasteiger partial charge in [0.2, 0.25) is 0 Å². The molecule has 0 spiro atoms. The first-order valence-corrected chi connectivity index (χ1v) is 5.14. The summed E-state index contributed by atoms with van der Waals surface area (Å²) in [6.45, 7) is 7.36. The monoisotopic (exact) mass is 212 g/mol. The van der Waals surface area contributed by atoms with E-state index in [-0.39, 0.29) is 12.0 Å². The minimum Gasteiger partial charge on any atom is -0.341 e. The third-order valence-electron chi connectivity index (χ3n) is 2.80. The molecule has 15 heavy (non-hydrogen) atoms. The molecule has 2 saturated heterocycles. The first-order valence-electron chi connectivity index (χ1n) is 5.14. The fraction of sp³-hybridized carbons (Fsp3) is 0.727. The van der Waals surface area contributed by atoms with Gasteiger partial charge in [-0.3, -0.25) is 0 Å². The highest BCUT2D eigenvalue weighted by Gasteiger charge is 2.53. The van der Waals surface area contributed by atoms with E-state index in [4.69, 9.17) is 14.2 Å². The van der Waals surface area contributed by atoms with Crippen molar-refractivity contribution in [2.24, 2.45) is 5.92 Å². The molecule has 0 saturated carbocycles. The lowest BCUT2D eigenvalue weighted by Crippen LogP contribution is -2.30. The van der Waals surface area contributed by atoms with Gasteiger partial charge in [-0.05, 0) is 20.3 Å². The maximum Gasteiger partial charge on any atom is 0.188 e. The Kier molecular flexibility index (Phi) is 2.66. The predicted molar refractivity (Wildman–Crippen MR) is 53.1 cm³/mol. The molecule has 2 heterocycles. The number of hydrogen-bond acceptors (Lipinski definition) is 4. The molecule has 0 aliphatic carbocycles. The van der Waals surface area contributed by atoms with Crippen LogP contribution in [0.3, 0.4) is 0 Å². The van der Waals surface area contributed by atoms with Crippen LogP contribution in [-0.2, 0) is 19.0 Å². The minimum absolute atomic E-state index is 0.0202. The lowest BCUT2D eigenvalue weighted by molar-refractivity contribution is -0.207. The van der Waals surface area contributed by atoms with Crippen LogP contribution in [0.15, 0.2) is 12.7 Å². The minimum atomic E-state index is -0.622. The van der Waals surface area contributed by atoms with Crippen molar-refractivity contribution in [3.8, 4) is 0 Å². The van der Waals surface area contributed by atoms with E-state index in [1.54, 1.807) is 6.08 Å². The van der Waals surface area contributed by atoms with Gasteiger partial charge in [0.25, 0.3) is 0 Å². The third-order valence-corrected chi connectivity index (χ3v) is 2.80. The molecule has 0 aromatic rings. The quantitative estimate of drug-likeness (QED) is 0.521. The molecule has 2 fully saturated rings. The smallest absolute Gasteiger partial charge is 0.188 e. The van der Waals surface area contributed by atoms with Crippen LogP contribution in [0.2, 0.25) is 0 Å². The highest BCUT2D eigenvalue weighted by atomic mass is 16.8. The number of fused-ring (bicyclic) bond motifs is 1. The van der Waals surface area contributed by atoms with Crippen LogP contribution in [0.4, 0.5) is 0 Å². The maximum atomic E-state index is 10.8. The lowest BCUT2D eigenvalue weighted by atomic mass is 9.95. The molecule has 2 rings (SSSR count). The van der Waals surface area contributed by atoms with E-state index in [9.17, 15) is 4.79 Å². The van der Waals surface area contributed by atoms with Gasteiger partial charge in [-0.25, -0.2) is 0 Å². The standard InChI is InChI=1S/C11H16O4/c1-4-5-7-8(6-12)13-10-9(7)14-11(2,3)15-10/h4,6-10H,1,5H2,2-3H3/t7-,8+,9+,10+/m0/s1. The predicted octanol–water partition coefficient (Wildman–Crippen LogP) is 1.25.